The molecule has 0 saturated carbocycles. The molecular weight excluding hydrogens is 460 g/mol. The van der Waals surface area contributed by atoms with Gasteiger partial charge in [0.1, 0.15) is 11.4 Å². The molecule has 4 aromatic rings. The number of aromatic nitrogens is 3. The van der Waals surface area contributed by atoms with E-state index in [9.17, 15) is 9.59 Å². The monoisotopic (exact) mass is 494 g/mol. The lowest BCUT2D eigenvalue weighted by Crippen LogP contribution is -2.27. The average molecular weight is 495 g/mol. The van der Waals surface area contributed by atoms with Crippen LogP contribution in [0.4, 0.5) is 4.79 Å². The van der Waals surface area contributed by atoms with Crippen LogP contribution in [0.25, 0.3) is 33.0 Å². The van der Waals surface area contributed by atoms with Crippen LogP contribution in [0.15, 0.2) is 52.4 Å². The van der Waals surface area contributed by atoms with E-state index in [1.165, 1.54) is 6.39 Å². The number of carbonyl (C=O) groups excluding carboxylic acids is 1. The molecule has 0 aliphatic rings. The van der Waals surface area contributed by atoms with Crippen LogP contribution in [0.5, 0.6) is 5.75 Å². The van der Waals surface area contributed by atoms with Crippen molar-refractivity contribution in [2.75, 3.05) is 6.61 Å². The van der Waals surface area contributed by atoms with Crippen molar-refractivity contribution in [3.05, 3.63) is 53.5 Å². The summed E-state index contributed by atoms with van der Waals surface area (Å²) in [7, 11) is 1.77. The van der Waals surface area contributed by atoms with Gasteiger partial charge in [0.05, 0.1) is 29.3 Å². The molecule has 0 aliphatic carbocycles. The van der Waals surface area contributed by atoms with Crippen LogP contribution in [-0.2, 0) is 11.8 Å². The Bertz CT molecular complexity index is 1390. The summed E-state index contributed by atoms with van der Waals surface area (Å²) >= 11 is 0. The van der Waals surface area contributed by atoms with E-state index in [0.29, 0.717) is 29.4 Å². The first kappa shape index (κ1) is 26.7. The lowest BCUT2D eigenvalue weighted by atomic mass is 10.0. The Hall–Kier alpha value is -3.88. The Labute approximate surface area is 210 Å². The van der Waals surface area contributed by atoms with Gasteiger partial charge in [-0.25, -0.2) is 9.78 Å². The molecule has 0 saturated heterocycles. The van der Waals surface area contributed by atoms with Crippen molar-refractivity contribution in [2.24, 2.45) is 18.7 Å². The highest BCUT2D eigenvalue weighted by molar-refractivity contribution is 6.07. The number of nitrogens with zero attached hydrogens (tertiary/aromatic N) is 3. The molecule has 9 nitrogen and oxygen atoms in total. The summed E-state index contributed by atoms with van der Waals surface area (Å²) in [5, 5.41) is 2.40. The van der Waals surface area contributed by atoms with E-state index < -0.39 is 11.7 Å². The molecule has 4 rings (SSSR count). The molecule has 0 atom stereocenters. The highest BCUT2D eigenvalue weighted by Gasteiger charge is 2.16. The first-order valence-electron chi connectivity index (χ1n) is 11.9. The maximum absolute atomic E-state index is 12.8. The van der Waals surface area contributed by atoms with Gasteiger partial charge in [-0.2, -0.15) is 0 Å². The maximum Gasteiger partial charge on any atom is 0.405 e. The first-order valence-corrected chi connectivity index (χ1v) is 11.9. The van der Waals surface area contributed by atoms with E-state index in [-0.39, 0.29) is 5.56 Å². The van der Waals surface area contributed by atoms with Crippen molar-refractivity contribution in [1.82, 2.24) is 14.5 Å². The fourth-order valence-electron chi connectivity index (χ4n) is 3.79. The molecule has 9 heteroatoms. The molecular formula is C27H34N4O5. The number of hydrogen-bond acceptors (Lipinski definition) is 7. The molecule has 36 heavy (non-hydrogen) atoms. The number of oxazole rings is 1. The Balaban J connectivity index is 0.000000392. The molecule has 3 heterocycles. The van der Waals surface area contributed by atoms with Gasteiger partial charge in [-0.15, -0.1) is 0 Å². The molecule has 1 amide bonds. The van der Waals surface area contributed by atoms with E-state index in [4.69, 9.17) is 14.9 Å². The van der Waals surface area contributed by atoms with Crippen LogP contribution in [0, 0.1) is 5.92 Å². The minimum absolute atomic E-state index is 0.0752. The molecule has 192 valence electrons. The summed E-state index contributed by atoms with van der Waals surface area (Å²) in [5.74, 6) is 1.96. The van der Waals surface area contributed by atoms with E-state index in [0.717, 1.165) is 34.7 Å². The zero-order valence-electron chi connectivity index (χ0n) is 21.7. The third-order valence-corrected chi connectivity index (χ3v) is 5.39. The molecule has 0 aliphatic heterocycles. The van der Waals surface area contributed by atoms with Crippen LogP contribution in [0.3, 0.4) is 0 Å². The van der Waals surface area contributed by atoms with Crippen molar-refractivity contribution < 1.29 is 18.7 Å². The molecule has 0 radical (unpaired) electrons. The minimum Gasteiger partial charge on any atom is -0.493 e. The van der Waals surface area contributed by atoms with Crippen molar-refractivity contribution in [1.29, 1.82) is 0 Å². The van der Waals surface area contributed by atoms with Crippen molar-refractivity contribution >= 4 is 27.8 Å². The molecule has 0 spiro atoms. The van der Waals surface area contributed by atoms with E-state index in [2.05, 4.69) is 28.6 Å². The van der Waals surface area contributed by atoms with Gasteiger partial charge >= 0.3 is 6.09 Å². The highest BCUT2D eigenvalue weighted by atomic mass is 16.6. The van der Waals surface area contributed by atoms with Crippen LogP contribution in [0.2, 0.25) is 0 Å². The molecule has 1 aromatic carbocycles. The van der Waals surface area contributed by atoms with Gasteiger partial charge in [-0.05, 0) is 57.0 Å². The van der Waals surface area contributed by atoms with Gasteiger partial charge in [-0.1, -0.05) is 13.8 Å². The van der Waals surface area contributed by atoms with Gasteiger partial charge in [-0.3, -0.25) is 9.78 Å². The van der Waals surface area contributed by atoms with Gasteiger partial charge < -0.3 is 24.2 Å². The largest absolute Gasteiger partial charge is 0.493 e. The van der Waals surface area contributed by atoms with E-state index >= 15 is 0 Å². The summed E-state index contributed by atoms with van der Waals surface area (Å²) in [5.41, 5.74) is 5.83. The Morgan fingerprint density at radius 2 is 1.89 bits per heavy atom. The zero-order valence-corrected chi connectivity index (χ0v) is 21.7. The second kappa shape index (κ2) is 11.2. The Kier molecular flexibility index (Phi) is 8.34. The van der Waals surface area contributed by atoms with Crippen molar-refractivity contribution in [3.8, 4) is 17.1 Å². The van der Waals surface area contributed by atoms with Gasteiger partial charge in [0.2, 0.25) is 0 Å². The third-order valence-electron chi connectivity index (χ3n) is 5.39. The van der Waals surface area contributed by atoms with Crippen LogP contribution in [-0.4, -0.2) is 32.8 Å². The molecule has 0 unspecified atom stereocenters. The van der Waals surface area contributed by atoms with Crippen LogP contribution in [0.1, 0.15) is 47.5 Å². The fourth-order valence-corrected chi connectivity index (χ4v) is 3.79. The lowest BCUT2D eigenvalue weighted by Gasteiger charge is -2.16. The number of pyridine rings is 2. The lowest BCUT2D eigenvalue weighted by molar-refractivity contribution is 0.0600. The summed E-state index contributed by atoms with van der Waals surface area (Å²) < 4.78 is 17.9. The topological polar surface area (TPSA) is 122 Å². The normalized spacial score (nSPS) is 11.4. The van der Waals surface area contributed by atoms with Crippen LogP contribution >= 0.6 is 0 Å². The number of fused-ring (bicyclic) bond motifs is 3. The highest BCUT2D eigenvalue weighted by Crippen LogP contribution is 2.36. The second-order valence-electron chi connectivity index (χ2n) is 9.93. The molecule has 3 aromatic heterocycles. The quantitative estimate of drug-likeness (QED) is 0.280. The second-order valence-corrected chi connectivity index (χ2v) is 9.93. The SMILES string of the molecule is CC(C)(C)OC(N)=O.CC(C)CCCOc1cc2c(cc1-c1cnco1)c1ccncc1c(=O)n2C. The van der Waals surface area contributed by atoms with Gasteiger partial charge in [0.15, 0.2) is 12.2 Å². The van der Waals surface area contributed by atoms with E-state index in [1.807, 2.05) is 18.2 Å². The third kappa shape index (κ3) is 6.62. The van der Waals surface area contributed by atoms with E-state index in [1.54, 1.807) is 51.0 Å². The van der Waals surface area contributed by atoms with Gasteiger partial charge in [0, 0.05) is 30.9 Å². The van der Waals surface area contributed by atoms with Crippen molar-refractivity contribution in [2.45, 2.75) is 53.1 Å². The summed E-state index contributed by atoms with van der Waals surface area (Å²) in [6.45, 7) is 10.3. The molecule has 0 bridgehead atoms. The molecule has 2 N–H and O–H groups in total. The summed E-state index contributed by atoms with van der Waals surface area (Å²) in [6.07, 6.45) is 7.73. The maximum atomic E-state index is 12.8. The summed E-state index contributed by atoms with van der Waals surface area (Å²) in [4.78, 5) is 30.9. The number of benzene rings is 1. The number of carbonyl (C=O) groups is 1. The Morgan fingerprint density at radius 1 is 1.14 bits per heavy atom. The van der Waals surface area contributed by atoms with Crippen molar-refractivity contribution in [3.63, 3.8) is 0 Å². The average Bonchev–Trinajstić information content (AvgIpc) is 3.33. The number of amides is 1. The fraction of sp³-hybridized carbons (Fsp3) is 0.407. The predicted octanol–water partition coefficient (Wildman–Crippen LogP) is 5.44. The number of nitrogens with two attached hydrogens (primary N) is 1. The smallest absolute Gasteiger partial charge is 0.405 e. The number of rotatable bonds is 6. The zero-order chi connectivity index (χ0) is 26.5. The Morgan fingerprint density at radius 3 is 2.47 bits per heavy atom. The number of hydrogen-bond donors (Lipinski definition) is 1. The van der Waals surface area contributed by atoms with Crippen LogP contribution < -0.4 is 16.0 Å². The molecule has 0 fully saturated rings. The first-order chi connectivity index (χ1) is 17.0. The predicted molar refractivity (Wildman–Crippen MR) is 140 cm³/mol. The van der Waals surface area contributed by atoms with Gasteiger partial charge in [0.25, 0.3) is 5.56 Å². The minimum atomic E-state index is -0.725. The standard InChI is InChI=1S/C22H23N3O3.C5H11NO2/c1-14(2)5-4-8-27-20-10-19-16(9-17(20)21-12-24-13-28-21)15-6-7-23-11-18(15)22(26)25(19)3;1-5(2,3)8-4(6)7/h6-7,9-14H,4-5,8H2,1-3H3;1-3H3,(H2,6,7). The number of aryl methyl sites for hydroxylation is 1. The summed E-state index contributed by atoms with van der Waals surface area (Å²) in [6, 6.07) is 5.80. The number of primary amides is 1. The number of ether oxygens (including phenoxy) is 2.